The summed E-state index contributed by atoms with van der Waals surface area (Å²) in [6, 6.07) is 0.347. The van der Waals surface area contributed by atoms with Gasteiger partial charge >= 0.3 is 0 Å². The van der Waals surface area contributed by atoms with E-state index < -0.39 is 9.92 Å². The van der Waals surface area contributed by atoms with Gasteiger partial charge in [-0.3, -0.25) is 0 Å². The Labute approximate surface area is 68.7 Å². The van der Waals surface area contributed by atoms with Crippen LogP contribution in [0.3, 0.4) is 0 Å². The van der Waals surface area contributed by atoms with Gasteiger partial charge in [-0.1, -0.05) is 19.8 Å². The van der Waals surface area contributed by atoms with Crippen LogP contribution in [0.15, 0.2) is 0 Å². The molecule has 66 valence electrons. The van der Waals surface area contributed by atoms with Gasteiger partial charge in [0, 0.05) is 11.8 Å². The fourth-order valence-electron chi connectivity index (χ4n) is 1.40. The smallest absolute Gasteiger partial charge is 0.105 e. The maximum Gasteiger partial charge on any atom is 0.105 e. The van der Waals surface area contributed by atoms with Crippen molar-refractivity contribution >= 4 is 9.92 Å². The summed E-state index contributed by atoms with van der Waals surface area (Å²) in [6.45, 7) is 1.79. The van der Waals surface area contributed by atoms with Crippen LogP contribution in [0.4, 0.5) is 0 Å². The van der Waals surface area contributed by atoms with Crippen LogP contribution in [0.1, 0.15) is 32.6 Å². The lowest BCUT2D eigenvalue weighted by atomic mass is 10.3. The standard InChI is InChI=1S/C7H16N2OS/c1-2-11(8,10)9-7-5-3-4-6-7/h7H,2-6H2,1H3,(H2,8,9,10). The van der Waals surface area contributed by atoms with Gasteiger partial charge < -0.3 is 0 Å². The topological polar surface area (TPSA) is 53.0 Å². The first-order valence-electron chi connectivity index (χ1n) is 4.18. The maximum absolute atomic E-state index is 11.3. The average molecular weight is 176 g/mol. The summed E-state index contributed by atoms with van der Waals surface area (Å²) in [5, 5.41) is 0. The molecule has 0 aromatic carbocycles. The summed E-state index contributed by atoms with van der Waals surface area (Å²) in [7, 11) is -2.45. The molecule has 1 fully saturated rings. The molecule has 0 aliphatic heterocycles. The molecule has 0 aromatic heterocycles. The Morgan fingerprint density at radius 2 is 2.09 bits per heavy atom. The van der Waals surface area contributed by atoms with Crippen molar-refractivity contribution in [3.05, 3.63) is 0 Å². The van der Waals surface area contributed by atoms with Crippen molar-refractivity contribution in [1.82, 2.24) is 4.72 Å². The Hall–Kier alpha value is -0.0900. The maximum atomic E-state index is 11.3. The third-order valence-electron chi connectivity index (χ3n) is 2.12. The molecule has 0 aromatic rings. The van der Waals surface area contributed by atoms with E-state index in [-0.39, 0.29) is 0 Å². The highest BCUT2D eigenvalue weighted by atomic mass is 32.2. The van der Waals surface area contributed by atoms with Crippen molar-refractivity contribution in [2.24, 2.45) is 0 Å². The fourth-order valence-corrected chi connectivity index (χ4v) is 2.34. The Morgan fingerprint density at radius 3 is 2.55 bits per heavy atom. The molecule has 11 heavy (non-hydrogen) atoms. The van der Waals surface area contributed by atoms with Crippen LogP contribution in [0.5, 0.6) is 0 Å². The van der Waals surface area contributed by atoms with Gasteiger partial charge in [0.2, 0.25) is 0 Å². The second-order valence-corrected chi connectivity index (χ2v) is 5.23. The number of hydrogen-bond acceptors (Lipinski definition) is 2. The lowest BCUT2D eigenvalue weighted by Crippen LogP contribution is -2.32. The average Bonchev–Trinajstić information content (AvgIpc) is 2.39. The summed E-state index contributed by atoms with van der Waals surface area (Å²) in [4.78, 5) is 0. The van der Waals surface area contributed by atoms with E-state index in [2.05, 4.69) is 4.72 Å². The Kier molecular flexibility index (Phi) is 2.90. The normalized spacial score (nSPS) is 25.2. The van der Waals surface area contributed by atoms with E-state index in [0.29, 0.717) is 11.8 Å². The van der Waals surface area contributed by atoms with Gasteiger partial charge in [0.05, 0.1) is 0 Å². The molecule has 0 heterocycles. The van der Waals surface area contributed by atoms with Gasteiger partial charge in [0.25, 0.3) is 0 Å². The molecule has 1 saturated carbocycles. The summed E-state index contributed by atoms with van der Waals surface area (Å²) in [5.74, 6) is 0.420. The van der Waals surface area contributed by atoms with Crippen molar-refractivity contribution < 1.29 is 4.21 Å². The van der Waals surface area contributed by atoms with E-state index in [1.54, 1.807) is 6.92 Å². The highest BCUT2D eigenvalue weighted by Crippen LogP contribution is 2.18. The van der Waals surface area contributed by atoms with Crippen molar-refractivity contribution in [2.75, 3.05) is 5.75 Å². The summed E-state index contributed by atoms with van der Waals surface area (Å²) in [6.07, 6.45) is 4.62. The third kappa shape index (κ3) is 2.79. The van der Waals surface area contributed by atoms with Crippen LogP contribution < -0.4 is 4.72 Å². The predicted molar refractivity (Wildman–Crippen MR) is 46.8 cm³/mol. The van der Waals surface area contributed by atoms with E-state index in [4.69, 9.17) is 4.78 Å². The van der Waals surface area contributed by atoms with Crippen LogP contribution in [0.2, 0.25) is 0 Å². The van der Waals surface area contributed by atoms with Crippen molar-refractivity contribution in [1.29, 1.82) is 4.78 Å². The van der Waals surface area contributed by atoms with E-state index in [1.165, 1.54) is 12.8 Å². The van der Waals surface area contributed by atoms with Gasteiger partial charge in [-0.2, -0.15) is 0 Å². The molecule has 0 amide bonds. The van der Waals surface area contributed by atoms with Crippen LogP contribution in [-0.2, 0) is 9.92 Å². The molecule has 4 heteroatoms. The highest BCUT2D eigenvalue weighted by Gasteiger charge is 2.17. The largest absolute Gasteiger partial charge is 0.240 e. The lowest BCUT2D eigenvalue weighted by molar-refractivity contribution is 0.609. The van der Waals surface area contributed by atoms with E-state index >= 15 is 0 Å². The first kappa shape index (κ1) is 9.00. The molecule has 1 atom stereocenters. The minimum Gasteiger partial charge on any atom is -0.240 e. The zero-order valence-electron chi connectivity index (χ0n) is 6.93. The molecule has 0 spiro atoms. The van der Waals surface area contributed by atoms with Crippen molar-refractivity contribution in [3.63, 3.8) is 0 Å². The second-order valence-electron chi connectivity index (χ2n) is 3.06. The molecular formula is C7H16N2OS. The molecule has 1 unspecified atom stereocenters. The molecule has 0 saturated heterocycles. The molecule has 1 rings (SSSR count). The number of nitrogens with one attached hydrogen (secondary N) is 2. The minimum atomic E-state index is -2.45. The van der Waals surface area contributed by atoms with Crippen molar-refractivity contribution in [3.8, 4) is 0 Å². The van der Waals surface area contributed by atoms with Gasteiger partial charge in [0.1, 0.15) is 9.92 Å². The first-order chi connectivity index (χ1) is 5.14. The zero-order chi connectivity index (χ0) is 8.32. The second kappa shape index (κ2) is 3.54. The fraction of sp³-hybridized carbons (Fsp3) is 1.00. The van der Waals surface area contributed by atoms with Gasteiger partial charge in [-0.25, -0.2) is 13.7 Å². The highest BCUT2D eigenvalue weighted by molar-refractivity contribution is 7.90. The summed E-state index contributed by atoms with van der Waals surface area (Å²) in [5.41, 5.74) is 0. The van der Waals surface area contributed by atoms with Crippen molar-refractivity contribution in [2.45, 2.75) is 38.6 Å². The van der Waals surface area contributed by atoms with E-state index in [1.807, 2.05) is 0 Å². The van der Waals surface area contributed by atoms with Gasteiger partial charge in [-0.05, 0) is 12.8 Å². The monoisotopic (exact) mass is 176 g/mol. The van der Waals surface area contributed by atoms with Crippen LogP contribution in [-0.4, -0.2) is 16.0 Å². The quantitative estimate of drug-likeness (QED) is 0.672. The van der Waals surface area contributed by atoms with Crippen LogP contribution in [0, 0.1) is 4.78 Å². The minimum absolute atomic E-state index is 0.347. The molecule has 0 bridgehead atoms. The zero-order valence-corrected chi connectivity index (χ0v) is 7.75. The third-order valence-corrected chi connectivity index (χ3v) is 3.65. The predicted octanol–water partition coefficient (Wildman–Crippen LogP) is 1.50. The molecule has 1 aliphatic rings. The molecule has 2 N–H and O–H groups in total. The SMILES string of the molecule is CCS(=N)(=O)NC1CCCC1. The Bertz CT molecular complexity index is 204. The molecule has 3 nitrogen and oxygen atoms in total. The summed E-state index contributed by atoms with van der Waals surface area (Å²) >= 11 is 0. The Morgan fingerprint density at radius 1 is 1.55 bits per heavy atom. The molecule has 1 aliphatic carbocycles. The summed E-state index contributed by atoms with van der Waals surface area (Å²) < 4.78 is 21.5. The van der Waals surface area contributed by atoms with Gasteiger partial charge in [-0.15, -0.1) is 0 Å². The van der Waals surface area contributed by atoms with Crippen LogP contribution >= 0.6 is 0 Å². The van der Waals surface area contributed by atoms with Gasteiger partial charge in [0.15, 0.2) is 0 Å². The first-order valence-corrected chi connectivity index (χ1v) is 5.90. The van der Waals surface area contributed by atoms with Crippen LogP contribution in [0.25, 0.3) is 0 Å². The number of hydrogen-bond donors (Lipinski definition) is 2. The molecular weight excluding hydrogens is 160 g/mol. The van der Waals surface area contributed by atoms with E-state index in [9.17, 15) is 4.21 Å². The Balaban J connectivity index is 2.41. The lowest BCUT2D eigenvalue weighted by Gasteiger charge is -2.12. The van der Waals surface area contributed by atoms with E-state index in [0.717, 1.165) is 12.8 Å². The molecule has 0 radical (unpaired) electrons. The number of rotatable bonds is 3.